The SMILES string of the molecule is [B]c1cnn2c(NCc3cccnc3)cc(NCC(O)c3ccccc3)nc12. The normalized spacial score (nSPS) is 12.0. The van der Waals surface area contributed by atoms with E-state index in [2.05, 4.69) is 25.7 Å². The molecule has 0 aliphatic heterocycles. The minimum Gasteiger partial charge on any atom is -0.387 e. The van der Waals surface area contributed by atoms with Crippen LogP contribution in [0.2, 0.25) is 0 Å². The predicted octanol–water partition coefficient (Wildman–Crippen LogP) is 1.68. The first-order chi connectivity index (χ1) is 13.7. The van der Waals surface area contributed by atoms with Crippen LogP contribution in [-0.4, -0.2) is 39.1 Å². The van der Waals surface area contributed by atoms with Crippen molar-refractivity contribution in [1.29, 1.82) is 0 Å². The molecule has 1 aromatic carbocycles. The van der Waals surface area contributed by atoms with Gasteiger partial charge in [0.15, 0.2) is 5.65 Å². The Bertz CT molecular complexity index is 1050. The standard InChI is InChI=1S/C20H19BN6O/c21-16-12-25-27-19(24-11-14-5-4-8-22-10-14)9-18(26-20(16)27)23-13-17(28)15-6-2-1-3-7-15/h1-10,12,17,24,28H,11,13H2,(H,23,26). The lowest BCUT2D eigenvalue weighted by molar-refractivity contribution is 0.191. The summed E-state index contributed by atoms with van der Waals surface area (Å²) in [6.45, 7) is 0.905. The van der Waals surface area contributed by atoms with Crippen molar-refractivity contribution in [3.63, 3.8) is 0 Å². The highest BCUT2D eigenvalue weighted by atomic mass is 16.3. The smallest absolute Gasteiger partial charge is 0.152 e. The maximum atomic E-state index is 10.4. The van der Waals surface area contributed by atoms with Gasteiger partial charge in [-0.05, 0) is 22.7 Å². The summed E-state index contributed by atoms with van der Waals surface area (Å²) < 4.78 is 1.66. The van der Waals surface area contributed by atoms with Crippen molar-refractivity contribution in [2.24, 2.45) is 0 Å². The molecule has 4 rings (SSSR count). The Morgan fingerprint density at radius 3 is 2.71 bits per heavy atom. The summed E-state index contributed by atoms with van der Waals surface area (Å²) in [5, 5.41) is 21.2. The van der Waals surface area contributed by atoms with E-state index in [1.54, 1.807) is 23.1 Å². The van der Waals surface area contributed by atoms with Crippen molar-refractivity contribution >= 4 is 30.6 Å². The lowest BCUT2D eigenvalue weighted by atomic mass is 10.0. The number of aromatic nitrogens is 4. The Labute approximate surface area is 163 Å². The van der Waals surface area contributed by atoms with E-state index in [4.69, 9.17) is 7.85 Å². The summed E-state index contributed by atoms with van der Waals surface area (Å²) in [4.78, 5) is 8.64. The maximum Gasteiger partial charge on any atom is 0.152 e. The minimum atomic E-state index is -0.645. The number of rotatable bonds is 7. The number of fused-ring (bicyclic) bond motifs is 1. The molecular formula is C20H19BN6O. The van der Waals surface area contributed by atoms with E-state index in [1.165, 1.54) is 0 Å². The zero-order valence-electron chi connectivity index (χ0n) is 15.2. The van der Waals surface area contributed by atoms with Gasteiger partial charge in [0.05, 0.1) is 6.10 Å². The molecule has 0 amide bonds. The molecule has 1 atom stereocenters. The van der Waals surface area contributed by atoms with Gasteiger partial charge >= 0.3 is 0 Å². The van der Waals surface area contributed by atoms with E-state index in [1.807, 2.05) is 48.5 Å². The topological polar surface area (TPSA) is 87.4 Å². The van der Waals surface area contributed by atoms with Gasteiger partial charge in [0.2, 0.25) is 0 Å². The van der Waals surface area contributed by atoms with E-state index >= 15 is 0 Å². The van der Waals surface area contributed by atoms with Crippen LogP contribution >= 0.6 is 0 Å². The van der Waals surface area contributed by atoms with Gasteiger partial charge in [-0.25, -0.2) is 4.98 Å². The quantitative estimate of drug-likeness (QED) is 0.429. The molecular weight excluding hydrogens is 351 g/mol. The summed E-state index contributed by atoms with van der Waals surface area (Å²) in [6, 6.07) is 15.2. The molecule has 28 heavy (non-hydrogen) atoms. The van der Waals surface area contributed by atoms with Crippen LogP contribution in [0.25, 0.3) is 5.65 Å². The minimum absolute atomic E-state index is 0.323. The Balaban J connectivity index is 1.54. The lowest BCUT2D eigenvalue weighted by Crippen LogP contribution is -2.15. The maximum absolute atomic E-state index is 10.4. The monoisotopic (exact) mass is 370 g/mol. The van der Waals surface area contributed by atoms with Crippen molar-refractivity contribution in [3.05, 3.63) is 78.2 Å². The molecule has 0 bridgehead atoms. The number of nitrogens with zero attached hydrogens (tertiary/aromatic N) is 4. The molecule has 0 aliphatic carbocycles. The van der Waals surface area contributed by atoms with Crippen molar-refractivity contribution < 1.29 is 5.11 Å². The van der Waals surface area contributed by atoms with Crippen molar-refractivity contribution in [3.8, 4) is 0 Å². The number of aliphatic hydroxyl groups excluding tert-OH is 1. The molecule has 7 nitrogen and oxygen atoms in total. The molecule has 0 fully saturated rings. The van der Waals surface area contributed by atoms with E-state index in [0.29, 0.717) is 30.0 Å². The summed E-state index contributed by atoms with van der Waals surface area (Å²) in [6.07, 6.45) is 4.47. The second kappa shape index (κ2) is 8.10. The van der Waals surface area contributed by atoms with Gasteiger partial charge in [-0.1, -0.05) is 36.4 Å². The number of aliphatic hydroxyl groups is 1. The molecule has 3 N–H and O–H groups in total. The van der Waals surface area contributed by atoms with Gasteiger partial charge in [0, 0.05) is 37.7 Å². The number of hydrogen-bond acceptors (Lipinski definition) is 6. The summed E-state index contributed by atoms with van der Waals surface area (Å²) in [7, 11) is 6.01. The molecule has 3 heterocycles. The number of benzene rings is 1. The molecule has 0 aliphatic rings. The highest BCUT2D eigenvalue weighted by Crippen LogP contribution is 2.18. The summed E-state index contributed by atoms with van der Waals surface area (Å²) in [5.74, 6) is 1.34. The molecule has 0 spiro atoms. The summed E-state index contributed by atoms with van der Waals surface area (Å²) >= 11 is 0. The Morgan fingerprint density at radius 2 is 1.93 bits per heavy atom. The number of anilines is 2. The fourth-order valence-corrected chi connectivity index (χ4v) is 2.89. The van der Waals surface area contributed by atoms with Crippen molar-refractivity contribution in [2.45, 2.75) is 12.6 Å². The van der Waals surface area contributed by atoms with Gasteiger partial charge in [0.25, 0.3) is 0 Å². The Hall–Kier alpha value is -3.39. The van der Waals surface area contributed by atoms with E-state index in [-0.39, 0.29) is 0 Å². The highest BCUT2D eigenvalue weighted by molar-refractivity contribution is 6.36. The van der Waals surface area contributed by atoms with Gasteiger partial charge in [-0.3, -0.25) is 4.98 Å². The van der Waals surface area contributed by atoms with E-state index < -0.39 is 6.10 Å². The zero-order chi connectivity index (χ0) is 19.3. The highest BCUT2D eigenvalue weighted by Gasteiger charge is 2.11. The molecule has 3 aromatic heterocycles. The first-order valence-electron chi connectivity index (χ1n) is 8.94. The lowest BCUT2D eigenvalue weighted by Gasteiger charge is -2.15. The number of hydrogen-bond donors (Lipinski definition) is 3. The molecule has 1 unspecified atom stereocenters. The average molecular weight is 370 g/mol. The third kappa shape index (κ3) is 3.97. The van der Waals surface area contributed by atoms with Crippen LogP contribution in [0.1, 0.15) is 17.2 Å². The average Bonchev–Trinajstić information content (AvgIpc) is 3.12. The van der Waals surface area contributed by atoms with Crippen LogP contribution in [0.5, 0.6) is 0 Å². The first-order valence-corrected chi connectivity index (χ1v) is 8.94. The van der Waals surface area contributed by atoms with E-state index in [0.717, 1.165) is 16.9 Å². The second-order valence-corrected chi connectivity index (χ2v) is 6.38. The Morgan fingerprint density at radius 1 is 1.07 bits per heavy atom. The van der Waals surface area contributed by atoms with Crippen molar-refractivity contribution in [2.75, 3.05) is 17.2 Å². The van der Waals surface area contributed by atoms with Gasteiger partial charge in [0.1, 0.15) is 19.5 Å². The number of pyridine rings is 1. The van der Waals surface area contributed by atoms with Crippen LogP contribution < -0.4 is 16.1 Å². The molecule has 4 aromatic rings. The Kier molecular flexibility index (Phi) is 5.21. The van der Waals surface area contributed by atoms with Crippen LogP contribution in [0, 0.1) is 0 Å². The first kappa shape index (κ1) is 18.0. The van der Waals surface area contributed by atoms with Crippen LogP contribution in [0.3, 0.4) is 0 Å². The van der Waals surface area contributed by atoms with Gasteiger partial charge in [-0.2, -0.15) is 9.61 Å². The second-order valence-electron chi connectivity index (χ2n) is 6.38. The molecule has 8 heteroatoms. The van der Waals surface area contributed by atoms with Crippen LogP contribution in [0.15, 0.2) is 67.1 Å². The molecule has 2 radical (unpaired) electrons. The molecule has 138 valence electrons. The third-order valence-corrected chi connectivity index (χ3v) is 4.36. The number of nitrogens with one attached hydrogen (secondary N) is 2. The third-order valence-electron chi connectivity index (χ3n) is 4.36. The summed E-state index contributed by atoms with van der Waals surface area (Å²) in [5.41, 5.74) is 2.92. The molecule has 0 saturated carbocycles. The largest absolute Gasteiger partial charge is 0.387 e. The van der Waals surface area contributed by atoms with Crippen LogP contribution in [-0.2, 0) is 6.54 Å². The zero-order valence-corrected chi connectivity index (χ0v) is 15.2. The van der Waals surface area contributed by atoms with E-state index in [9.17, 15) is 5.11 Å². The van der Waals surface area contributed by atoms with Gasteiger partial charge in [-0.15, -0.1) is 0 Å². The van der Waals surface area contributed by atoms with Gasteiger partial charge < -0.3 is 15.7 Å². The molecule has 0 saturated heterocycles. The fourth-order valence-electron chi connectivity index (χ4n) is 2.89. The fraction of sp³-hybridized carbons (Fsp3) is 0.150. The van der Waals surface area contributed by atoms with Crippen LogP contribution in [0.4, 0.5) is 11.6 Å². The predicted molar refractivity (Wildman–Crippen MR) is 110 cm³/mol. The van der Waals surface area contributed by atoms with Crippen molar-refractivity contribution in [1.82, 2.24) is 19.6 Å².